The lowest BCUT2D eigenvalue weighted by atomic mass is 10.1. The molecule has 0 radical (unpaired) electrons. The van der Waals surface area contributed by atoms with Crippen LogP contribution < -0.4 is 15.8 Å². The third-order valence-corrected chi connectivity index (χ3v) is 2.93. The molecule has 0 spiro atoms. The molecule has 1 unspecified atom stereocenters. The maximum Gasteiger partial charge on any atom is 0.239 e. The average molecular weight is 220 g/mol. The molecule has 1 heterocycles. The summed E-state index contributed by atoms with van der Waals surface area (Å²) < 4.78 is 5.16. The molecule has 0 saturated heterocycles. The SMILES string of the molecule is COc1ccc2c(c1)NC(C(N)=O)CCC2. The third kappa shape index (κ3) is 2.10. The van der Waals surface area contributed by atoms with Gasteiger partial charge in [0.15, 0.2) is 0 Å². The average Bonchev–Trinajstić information content (AvgIpc) is 2.49. The molecule has 4 heteroatoms. The van der Waals surface area contributed by atoms with Crippen LogP contribution in [0.5, 0.6) is 5.75 Å². The van der Waals surface area contributed by atoms with Crippen LogP contribution in [0.25, 0.3) is 0 Å². The quantitative estimate of drug-likeness (QED) is 0.789. The second kappa shape index (κ2) is 4.43. The third-order valence-electron chi connectivity index (χ3n) is 2.93. The molecule has 3 N–H and O–H groups in total. The maximum absolute atomic E-state index is 11.2. The number of fused-ring (bicyclic) bond motifs is 1. The van der Waals surface area contributed by atoms with Gasteiger partial charge >= 0.3 is 0 Å². The smallest absolute Gasteiger partial charge is 0.239 e. The number of carbonyl (C=O) groups is 1. The van der Waals surface area contributed by atoms with Crippen LogP contribution in [0.4, 0.5) is 5.69 Å². The van der Waals surface area contributed by atoms with E-state index in [9.17, 15) is 4.79 Å². The topological polar surface area (TPSA) is 64.3 Å². The number of nitrogens with two attached hydrogens (primary N) is 1. The van der Waals surface area contributed by atoms with E-state index in [0.29, 0.717) is 0 Å². The summed E-state index contributed by atoms with van der Waals surface area (Å²) in [5.74, 6) is 0.493. The van der Waals surface area contributed by atoms with Gasteiger partial charge in [-0.1, -0.05) is 6.07 Å². The van der Waals surface area contributed by atoms with Gasteiger partial charge in [0.05, 0.1) is 7.11 Å². The van der Waals surface area contributed by atoms with Crippen LogP contribution in [0.1, 0.15) is 18.4 Å². The standard InChI is InChI=1S/C12H16N2O2/c1-16-9-6-5-8-3-2-4-10(12(13)15)14-11(8)7-9/h5-7,10,14H,2-4H2,1H3,(H2,13,15). The Labute approximate surface area is 94.8 Å². The predicted octanol–water partition coefficient (Wildman–Crippen LogP) is 1.30. The highest BCUT2D eigenvalue weighted by Gasteiger charge is 2.20. The molecule has 86 valence electrons. The highest BCUT2D eigenvalue weighted by Crippen LogP contribution is 2.27. The van der Waals surface area contributed by atoms with Crippen LogP contribution in [-0.2, 0) is 11.2 Å². The van der Waals surface area contributed by atoms with Gasteiger partial charge in [0.2, 0.25) is 5.91 Å². The van der Waals surface area contributed by atoms with Gasteiger partial charge in [-0.05, 0) is 30.9 Å². The minimum Gasteiger partial charge on any atom is -0.497 e. The van der Waals surface area contributed by atoms with Crippen molar-refractivity contribution in [1.29, 1.82) is 0 Å². The first kappa shape index (κ1) is 10.8. The number of methoxy groups -OCH3 is 1. The summed E-state index contributed by atoms with van der Waals surface area (Å²) in [6.07, 6.45) is 2.72. The number of ether oxygens (including phenoxy) is 1. The lowest BCUT2D eigenvalue weighted by molar-refractivity contribution is -0.118. The van der Waals surface area contributed by atoms with Crippen LogP contribution in [0, 0.1) is 0 Å². The van der Waals surface area contributed by atoms with Crippen molar-refractivity contribution in [3.05, 3.63) is 23.8 Å². The number of hydrogen-bond acceptors (Lipinski definition) is 3. The number of benzene rings is 1. The molecule has 2 rings (SSSR count). The van der Waals surface area contributed by atoms with E-state index in [1.54, 1.807) is 7.11 Å². The maximum atomic E-state index is 11.2. The Kier molecular flexibility index (Phi) is 2.99. The zero-order valence-electron chi connectivity index (χ0n) is 9.32. The van der Waals surface area contributed by atoms with Crippen LogP contribution >= 0.6 is 0 Å². The van der Waals surface area contributed by atoms with Crippen molar-refractivity contribution >= 4 is 11.6 Å². The minimum atomic E-state index is -0.296. The Morgan fingerprint density at radius 2 is 2.38 bits per heavy atom. The Balaban J connectivity index is 2.30. The summed E-state index contributed by atoms with van der Waals surface area (Å²) in [4.78, 5) is 11.2. The molecule has 0 saturated carbocycles. The van der Waals surface area contributed by atoms with E-state index in [-0.39, 0.29) is 11.9 Å². The molecule has 1 aliphatic heterocycles. The summed E-state index contributed by atoms with van der Waals surface area (Å²) in [6, 6.07) is 5.61. The highest BCUT2D eigenvalue weighted by molar-refractivity contribution is 5.83. The highest BCUT2D eigenvalue weighted by atomic mass is 16.5. The molecule has 1 amide bonds. The number of hydrogen-bond donors (Lipinski definition) is 2. The van der Waals surface area contributed by atoms with E-state index >= 15 is 0 Å². The Morgan fingerprint density at radius 1 is 1.56 bits per heavy atom. The fourth-order valence-electron chi connectivity index (χ4n) is 2.00. The molecule has 1 aromatic carbocycles. The zero-order chi connectivity index (χ0) is 11.5. The van der Waals surface area contributed by atoms with Crippen LogP contribution in [-0.4, -0.2) is 19.1 Å². The van der Waals surface area contributed by atoms with Crippen molar-refractivity contribution in [2.45, 2.75) is 25.3 Å². The fraction of sp³-hybridized carbons (Fsp3) is 0.417. The number of nitrogens with one attached hydrogen (secondary N) is 1. The Bertz CT molecular complexity index is 404. The minimum absolute atomic E-state index is 0.270. The monoisotopic (exact) mass is 220 g/mol. The van der Waals surface area contributed by atoms with Gasteiger partial charge < -0.3 is 15.8 Å². The first-order valence-corrected chi connectivity index (χ1v) is 5.43. The molecule has 16 heavy (non-hydrogen) atoms. The summed E-state index contributed by atoms with van der Waals surface area (Å²) in [7, 11) is 1.63. The molecule has 4 nitrogen and oxygen atoms in total. The van der Waals surface area contributed by atoms with Crippen molar-refractivity contribution in [3.63, 3.8) is 0 Å². The summed E-state index contributed by atoms with van der Waals surface area (Å²) in [5.41, 5.74) is 7.50. The molecular formula is C12H16N2O2. The number of primary amides is 1. The molecule has 0 aromatic heterocycles. The van der Waals surface area contributed by atoms with Crippen LogP contribution in [0.2, 0.25) is 0 Å². The molecule has 1 aliphatic rings. The number of amides is 1. The van der Waals surface area contributed by atoms with Crippen molar-refractivity contribution in [2.24, 2.45) is 5.73 Å². The molecule has 1 atom stereocenters. The van der Waals surface area contributed by atoms with Crippen molar-refractivity contribution in [1.82, 2.24) is 0 Å². The number of anilines is 1. The van der Waals surface area contributed by atoms with Crippen LogP contribution in [0.3, 0.4) is 0 Å². The van der Waals surface area contributed by atoms with Crippen molar-refractivity contribution in [3.8, 4) is 5.75 Å². The van der Waals surface area contributed by atoms with E-state index in [2.05, 4.69) is 5.32 Å². The Hall–Kier alpha value is -1.71. The second-order valence-electron chi connectivity index (χ2n) is 4.01. The van der Waals surface area contributed by atoms with Gasteiger partial charge in [-0.3, -0.25) is 4.79 Å². The predicted molar refractivity (Wildman–Crippen MR) is 62.5 cm³/mol. The van der Waals surface area contributed by atoms with Gasteiger partial charge in [0.1, 0.15) is 11.8 Å². The van der Waals surface area contributed by atoms with Crippen molar-refractivity contribution in [2.75, 3.05) is 12.4 Å². The molecule has 1 aromatic rings. The normalized spacial score (nSPS) is 19.2. The lowest BCUT2D eigenvalue weighted by Gasteiger charge is -2.15. The van der Waals surface area contributed by atoms with E-state index in [4.69, 9.17) is 10.5 Å². The first-order chi connectivity index (χ1) is 7.70. The van der Waals surface area contributed by atoms with Gasteiger partial charge in [-0.15, -0.1) is 0 Å². The van der Waals surface area contributed by atoms with E-state index in [1.807, 2.05) is 18.2 Å². The molecule has 0 bridgehead atoms. The molecule has 0 fully saturated rings. The van der Waals surface area contributed by atoms with Gasteiger partial charge in [-0.2, -0.15) is 0 Å². The van der Waals surface area contributed by atoms with Crippen molar-refractivity contribution < 1.29 is 9.53 Å². The van der Waals surface area contributed by atoms with Gasteiger partial charge in [-0.25, -0.2) is 0 Å². The summed E-state index contributed by atoms with van der Waals surface area (Å²) >= 11 is 0. The largest absolute Gasteiger partial charge is 0.497 e. The number of rotatable bonds is 2. The molecule has 0 aliphatic carbocycles. The summed E-state index contributed by atoms with van der Waals surface area (Å²) in [6.45, 7) is 0. The van der Waals surface area contributed by atoms with E-state index in [1.165, 1.54) is 5.56 Å². The van der Waals surface area contributed by atoms with Gasteiger partial charge in [0.25, 0.3) is 0 Å². The Morgan fingerprint density at radius 3 is 3.06 bits per heavy atom. The van der Waals surface area contributed by atoms with E-state index < -0.39 is 0 Å². The van der Waals surface area contributed by atoms with E-state index in [0.717, 1.165) is 30.7 Å². The number of aryl methyl sites for hydroxylation is 1. The zero-order valence-corrected chi connectivity index (χ0v) is 9.32. The second-order valence-corrected chi connectivity index (χ2v) is 4.01. The first-order valence-electron chi connectivity index (χ1n) is 5.43. The summed E-state index contributed by atoms with van der Waals surface area (Å²) in [5, 5.41) is 3.18. The van der Waals surface area contributed by atoms with Gasteiger partial charge in [0, 0.05) is 11.8 Å². The fourth-order valence-corrected chi connectivity index (χ4v) is 2.00. The van der Waals surface area contributed by atoms with Crippen LogP contribution in [0.15, 0.2) is 18.2 Å². The molecular weight excluding hydrogens is 204 g/mol. The number of carbonyl (C=O) groups excluding carboxylic acids is 1. The lowest BCUT2D eigenvalue weighted by Crippen LogP contribution is -2.34.